The number of primary amides is 1. The molecular weight excluding hydrogens is 427 g/mol. The first-order valence-corrected chi connectivity index (χ1v) is 10.7. The van der Waals surface area contributed by atoms with E-state index in [9.17, 15) is 18.8 Å². The van der Waals surface area contributed by atoms with Crippen molar-refractivity contribution in [1.82, 2.24) is 14.8 Å². The van der Waals surface area contributed by atoms with E-state index in [1.54, 1.807) is 33.2 Å². The second-order valence-electron chi connectivity index (χ2n) is 8.35. The zero-order chi connectivity index (χ0) is 24.1. The Morgan fingerprint density at radius 1 is 1.24 bits per heavy atom. The number of amides is 3. The Labute approximate surface area is 192 Å². The Morgan fingerprint density at radius 3 is 2.64 bits per heavy atom. The number of aromatic nitrogens is 1. The summed E-state index contributed by atoms with van der Waals surface area (Å²) in [5, 5.41) is 6.24. The van der Waals surface area contributed by atoms with Crippen LogP contribution in [0, 0.1) is 11.7 Å². The number of rotatable bonds is 7. The lowest BCUT2D eigenvalue weighted by molar-refractivity contribution is -0.130. The summed E-state index contributed by atoms with van der Waals surface area (Å²) in [5.41, 5.74) is 6.60. The monoisotopic (exact) mass is 456 g/mol. The highest BCUT2D eigenvalue weighted by molar-refractivity contribution is 5.98. The Morgan fingerprint density at radius 2 is 2.00 bits per heavy atom. The fourth-order valence-corrected chi connectivity index (χ4v) is 3.79. The Balaban J connectivity index is 1.75. The van der Waals surface area contributed by atoms with Crippen LogP contribution in [0.3, 0.4) is 0 Å². The molecule has 1 saturated heterocycles. The van der Waals surface area contributed by atoms with Crippen LogP contribution in [0.2, 0.25) is 0 Å². The second-order valence-corrected chi connectivity index (χ2v) is 8.35. The molecule has 3 rings (SSSR count). The molecule has 1 atom stereocenters. The van der Waals surface area contributed by atoms with Crippen LogP contribution in [0.25, 0.3) is 0 Å². The van der Waals surface area contributed by atoms with E-state index in [0.717, 1.165) is 19.4 Å². The van der Waals surface area contributed by atoms with Gasteiger partial charge in [-0.15, -0.1) is 0 Å². The maximum absolute atomic E-state index is 14.4. The first-order valence-electron chi connectivity index (χ1n) is 10.7. The number of anilines is 3. The molecule has 0 unspecified atom stereocenters. The fraction of sp³-hybridized carbons (Fsp3) is 0.391. The number of piperidine rings is 1. The van der Waals surface area contributed by atoms with E-state index in [-0.39, 0.29) is 23.0 Å². The minimum Gasteiger partial charge on any atom is -0.384 e. The molecule has 1 aliphatic rings. The van der Waals surface area contributed by atoms with Gasteiger partial charge in [0.25, 0.3) is 11.8 Å². The summed E-state index contributed by atoms with van der Waals surface area (Å²) >= 11 is 0. The normalized spacial score (nSPS) is 15.6. The van der Waals surface area contributed by atoms with E-state index < -0.39 is 17.6 Å². The summed E-state index contributed by atoms with van der Waals surface area (Å²) in [5.74, 6) is -1.04. The second kappa shape index (κ2) is 10.3. The number of halogens is 1. The molecule has 4 N–H and O–H groups in total. The van der Waals surface area contributed by atoms with Crippen molar-refractivity contribution in [1.29, 1.82) is 0 Å². The van der Waals surface area contributed by atoms with E-state index in [1.165, 1.54) is 23.2 Å². The van der Waals surface area contributed by atoms with Gasteiger partial charge in [-0.2, -0.15) is 0 Å². The van der Waals surface area contributed by atoms with Gasteiger partial charge in [0.15, 0.2) is 0 Å². The molecule has 0 saturated carbocycles. The molecule has 1 fully saturated rings. The SMILES string of the molecule is CC(=O)N1CCC[C@H](CNc2cc(Nc3ccc(C(=O)N(C)C)c(F)c3)ncc2C(N)=O)C1. The number of carbonyl (C=O) groups excluding carboxylic acids is 3. The van der Waals surface area contributed by atoms with E-state index in [2.05, 4.69) is 15.6 Å². The number of likely N-dealkylation sites (tertiary alicyclic amines) is 1. The average molecular weight is 457 g/mol. The van der Waals surface area contributed by atoms with Crippen LogP contribution in [-0.4, -0.2) is 66.2 Å². The highest BCUT2D eigenvalue weighted by Crippen LogP contribution is 2.24. The summed E-state index contributed by atoms with van der Waals surface area (Å²) in [6, 6.07) is 5.82. The highest BCUT2D eigenvalue weighted by atomic mass is 19.1. The van der Waals surface area contributed by atoms with Gasteiger partial charge in [-0.1, -0.05) is 0 Å². The van der Waals surface area contributed by atoms with Gasteiger partial charge >= 0.3 is 0 Å². The largest absolute Gasteiger partial charge is 0.384 e. The zero-order valence-electron chi connectivity index (χ0n) is 19.0. The molecular formula is C23H29FN6O3. The van der Waals surface area contributed by atoms with Gasteiger partial charge in [-0.3, -0.25) is 14.4 Å². The topological polar surface area (TPSA) is 121 Å². The first kappa shape index (κ1) is 24.0. The number of carbonyl (C=O) groups is 3. The Hall–Kier alpha value is -3.69. The lowest BCUT2D eigenvalue weighted by Gasteiger charge is -2.32. The van der Waals surface area contributed by atoms with E-state index in [4.69, 9.17) is 5.73 Å². The smallest absolute Gasteiger partial charge is 0.256 e. The molecule has 2 heterocycles. The van der Waals surface area contributed by atoms with Gasteiger partial charge in [0.2, 0.25) is 5.91 Å². The molecule has 1 aromatic heterocycles. The molecule has 33 heavy (non-hydrogen) atoms. The van der Waals surface area contributed by atoms with E-state index in [1.807, 2.05) is 4.90 Å². The quantitative estimate of drug-likeness (QED) is 0.589. The van der Waals surface area contributed by atoms with Crippen molar-refractivity contribution in [3.05, 3.63) is 47.4 Å². The zero-order valence-corrected chi connectivity index (χ0v) is 19.0. The molecule has 0 bridgehead atoms. The number of hydrogen-bond acceptors (Lipinski definition) is 6. The number of nitrogens with two attached hydrogens (primary N) is 1. The first-order chi connectivity index (χ1) is 15.7. The number of nitrogens with zero attached hydrogens (tertiary/aromatic N) is 3. The fourth-order valence-electron chi connectivity index (χ4n) is 3.79. The van der Waals surface area contributed by atoms with Crippen molar-refractivity contribution in [3.63, 3.8) is 0 Å². The van der Waals surface area contributed by atoms with Gasteiger partial charge in [0, 0.05) is 58.6 Å². The number of hydrogen-bond donors (Lipinski definition) is 3. The third-order valence-corrected chi connectivity index (χ3v) is 5.59. The molecule has 0 aliphatic carbocycles. The van der Waals surface area contributed by atoms with Crippen LogP contribution in [0.1, 0.15) is 40.5 Å². The lowest BCUT2D eigenvalue weighted by atomic mass is 9.97. The molecule has 3 amide bonds. The van der Waals surface area contributed by atoms with Crippen LogP contribution < -0.4 is 16.4 Å². The molecule has 1 aliphatic heterocycles. The van der Waals surface area contributed by atoms with Gasteiger partial charge in [0.1, 0.15) is 11.6 Å². The molecule has 0 spiro atoms. The lowest BCUT2D eigenvalue weighted by Crippen LogP contribution is -2.40. The van der Waals surface area contributed by atoms with Crippen molar-refractivity contribution in [2.24, 2.45) is 11.7 Å². The molecule has 9 nitrogen and oxygen atoms in total. The summed E-state index contributed by atoms with van der Waals surface area (Å²) in [7, 11) is 3.11. The van der Waals surface area contributed by atoms with Crippen LogP contribution in [-0.2, 0) is 4.79 Å². The predicted molar refractivity (Wildman–Crippen MR) is 124 cm³/mol. The van der Waals surface area contributed by atoms with Crippen LogP contribution >= 0.6 is 0 Å². The highest BCUT2D eigenvalue weighted by Gasteiger charge is 2.22. The van der Waals surface area contributed by atoms with Gasteiger partial charge in [-0.05, 0) is 37.0 Å². The minimum absolute atomic E-state index is 0.0305. The van der Waals surface area contributed by atoms with Crippen LogP contribution in [0.15, 0.2) is 30.5 Å². The summed E-state index contributed by atoms with van der Waals surface area (Å²) in [6.07, 6.45) is 3.25. The number of benzene rings is 1. The van der Waals surface area contributed by atoms with Gasteiger partial charge in [0.05, 0.1) is 16.8 Å². The van der Waals surface area contributed by atoms with E-state index >= 15 is 0 Å². The number of pyridine rings is 1. The summed E-state index contributed by atoms with van der Waals surface area (Å²) < 4.78 is 14.4. The molecule has 10 heteroatoms. The van der Waals surface area contributed by atoms with E-state index in [0.29, 0.717) is 30.3 Å². The van der Waals surface area contributed by atoms with Crippen molar-refractivity contribution < 1.29 is 18.8 Å². The molecule has 1 aromatic carbocycles. The molecule has 0 radical (unpaired) electrons. The van der Waals surface area contributed by atoms with Crippen LogP contribution in [0.4, 0.5) is 21.6 Å². The van der Waals surface area contributed by atoms with Crippen molar-refractivity contribution in [2.75, 3.05) is 44.4 Å². The molecule has 176 valence electrons. The Bertz CT molecular complexity index is 1060. The minimum atomic E-state index is -0.655. The summed E-state index contributed by atoms with van der Waals surface area (Å²) in [6.45, 7) is 3.54. The number of nitrogens with one attached hydrogen (secondary N) is 2. The maximum atomic E-state index is 14.4. The van der Waals surface area contributed by atoms with Gasteiger partial charge < -0.3 is 26.2 Å². The maximum Gasteiger partial charge on any atom is 0.256 e. The van der Waals surface area contributed by atoms with Crippen molar-refractivity contribution in [2.45, 2.75) is 19.8 Å². The van der Waals surface area contributed by atoms with Crippen molar-refractivity contribution in [3.8, 4) is 0 Å². The van der Waals surface area contributed by atoms with Crippen molar-refractivity contribution >= 4 is 34.9 Å². The Kier molecular flexibility index (Phi) is 7.47. The average Bonchev–Trinajstić information content (AvgIpc) is 2.77. The van der Waals surface area contributed by atoms with Gasteiger partial charge in [-0.25, -0.2) is 9.37 Å². The third kappa shape index (κ3) is 5.97. The molecule has 2 aromatic rings. The van der Waals surface area contributed by atoms with Crippen LogP contribution in [0.5, 0.6) is 0 Å². The third-order valence-electron chi connectivity index (χ3n) is 5.59. The summed E-state index contributed by atoms with van der Waals surface area (Å²) in [4.78, 5) is 42.9. The standard InChI is InChI=1S/C23H29FN6O3/c1-14(31)30-8-4-5-15(13-30)11-26-20-10-21(27-12-18(20)22(25)32)28-16-6-7-17(19(24)9-16)23(33)29(2)3/h6-7,9-10,12,15H,4-5,8,11,13H2,1-3H3,(H2,25,32)(H2,26,27,28)/t15-/m1/s1. The predicted octanol–water partition coefficient (Wildman–Crippen LogP) is 2.44.